The van der Waals surface area contributed by atoms with Crippen molar-refractivity contribution in [2.45, 2.75) is 0 Å². The van der Waals surface area contributed by atoms with Crippen LogP contribution >= 0.6 is 0 Å². The molecule has 0 fully saturated rings. The summed E-state index contributed by atoms with van der Waals surface area (Å²) in [6, 6.07) is 83.5. The molecule has 0 unspecified atom stereocenters. The van der Waals surface area contributed by atoms with E-state index in [4.69, 9.17) is 4.42 Å². The Morgan fingerprint density at radius 3 is 1.51 bits per heavy atom. The molecule has 0 N–H and O–H groups in total. The van der Waals surface area contributed by atoms with Crippen LogP contribution in [0.3, 0.4) is 0 Å². The molecule has 3 nitrogen and oxygen atoms in total. The van der Waals surface area contributed by atoms with Gasteiger partial charge < -0.3 is 13.6 Å². The van der Waals surface area contributed by atoms with Crippen molar-refractivity contribution in [3.8, 4) is 55.9 Å². The van der Waals surface area contributed by atoms with Gasteiger partial charge in [-0.3, -0.25) is 0 Å². The molecule has 0 aliphatic heterocycles. The first-order chi connectivity index (χ1) is 31.2. The third kappa shape index (κ3) is 5.67. The summed E-state index contributed by atoms with van der Waals surface area (Å²) in [5, 5.41) is 7.27. The normalized spacial score (nSPS) is 11.8. The van der Waals surface area contributed by atoms with Crippen LogP contribution < -0.4 is 0 Å². The van der Waals surface area contributed by atoms with Crippen molar-refractivity contribution in [2.75, 3.05) is 0 Å². The Hall–Kier alpha value is -8.40. The monoisotopic (exact) mass is 802 g/mol. The molecular weight excluding hydrogens is 765 g/mol. The molecule has 3 heterocycles. The molecule has 0 saturated carbocycles. The standard InChI is InChI=1S/C60H38N2O/c1-3-12-39(13-4-1)44-28-33-49-50-34-29-45(38-57(50)62(56(49)37-44)46-14-5-2-6-15-46)48-18-11-20-55-60(48)52-17-7-9-19-54(52)61(55)47-31-26-41(27-32-47)40-22-24-42(25-23-40)43-30-35-59-53(36-43)51-16-8-10-21-58(51)63-59/h1-38H. The molecule has 0 amide bonds. The van der Waals surface area contributed by atoms with Gasteiger partial charge in [-0.1, -0.05) is 164 Å². The Morgan fingerprint density at radius 1 is 0.254 bits per heavy atom. The van der Waals surface area contributed by atoms with Crippen molar-refractivity contribution in [1.29, 1.82) is 0 Å². The zero-order valence-corrected chi connectivity index (χ0v) is 34.2. The fourth-order valence-corrected chi connectivity index (χ4v) is 9.95. The number of para-hydroxylation sites is 3. The van der Waals surface area contributed by atoms with Crippen molar-refractivity contribution in [3.05, 3.63) is 231 Å². The summed E-state index contributed by atoms with van der Waals surface area (Å²) in [5.41, 5.74) is 18.4. The van der Waals surface area contributed by atoms with E-state index in [9.17, 15) is 0 Å². The molecule has 0 saturated heterocycles. The second kappa shape index (κ2) is 14.1. The highest BCUT2D eigenvalue weighted by Gasteiger charge is 2.19. The van der Waals surface area contributed by atoms with Crippen molar-refractivity contribution in [1.82, 2.24) is 9.13 Å². The lowest BCUT2D eigenvalue weighted by Gasteiger charge is -2.11. The summed E-state index contributed by atoms with van der Waals surface area (Å²) in [7, 11) is 0. The minimum Gasteiger partial charge on any atom is -0.456 e. The van der Waals surface area contributed by atoms with E-state index in [-0.39, 0.29) is 0 Å². The Balaban J connectivity index is 0.895. The van der Waals surface area contributed by atoms with Gasteiger partial charge in [0.2, 0.25) is 0 Å². The van der Waals surface area contributed by atoms with Crippen LogP contribution in [0, 0.1) is 0 Å². The molecule has 294 valence electrons. The largest absolute Gasteiger partial charge is 0.456 e. The van der Waals surface area contributed by atoms with Crippen molar-refractivity contribution < 1.29 is 4.42 Å². The van der Waals surface area contributed by atoms with Gasteiger partial charge in [-0.05, 0) is 111 Å². The average molecular weight is 803 g/mol. The topological polar surface area (TPSA) is 23.0 Å². The molecule has 13 rings (SSSR count). The highest BCUT2D eigenvalue weighted by atomic mass is 16.3. The van der Waals surface area contributed by atoms with Gasteiger partial charge in [0.15, 0.2) is 0 Å². The number of furan rings is 1. The maximum Gasteiger partial charge on any atom is 0.135 e. The third-order valence-corrected chi connectivity index (χ3v) is 13.0. The van der Waals surface area contributed by atoms with E-state index >= 15 is 0 Å². The zero-order valence-electron chi connectivity index (χ0n) is 34.2. The molecule has 10 aromatic carbocycles. The van der Waals surface area contributed by atoms with Crippen LogP contribution in [-0.2, 0) is 0 Å². The van der Waals surface area contributed by atoms with Gasteiger partial charge in [0.25, 0.3) is 0 Å². The number of benzene rings is 10. The smallest absolute Gasteiger partial charge is 0.135 e. The number of hydrogen-bond donors (Lipinski definition) is 0. The quantitative estimate of drug-likeness (QED) is 0.164. The molecule has 63 heavy (non-hydrogen) atoms. The van der Waals surface area contributed by atoms with Gasteiger partial charge in [0.1, 0.15) is 11.2 Å². The summed E-state index contributed by atoms with van der Waals surface area (Å²) in [5.74, 6) is 0. The van der Waals surface area contributed by atoms with Gasteiger partial charge >= 0.3 is 0 Å². The maximum absolute atomic E-state index is 6.08. The zero-order chi connectivity index (χ0) is 41.4. The minimum absolute atomic E-state index is 0.916. The summed E-state index contributed by atoms with van der Waals surface area (Å²) in [4.78, 5) is 0. The van der Waals surface area contributed by atoms with E-state index in [2.05, 4.69) is 228 Å². The Kier molecular flexibility index (Phi) is 7.91. The predicted molar refractivity (Wildman–Crippen MR) is 264 cm³/mol. The maximum atomic E-state index is 6.08. The summed E-state index contributed by atoms with van der Waals surface area (Å²) in [6.07, 6.45) is 0. The van der Waals surface area contributed by atoms with Crippen LogP contribution in [0.1, 0.15) is 0 Å². The van der Waals surface area contributed by atoms with E-state index < -0.39 is 0 Å². The van der Waals surface area contributed by atoms with Gasteiger partial charge in [-0.2, -0.15) is 0 Å². The van der Waals surface area contributed by atoms with Crippen LogP contribution in [0.5, 0.6) is 0 Å². The first-order valence-electron chi connectivity index (χ1n) is 21.6. The highest BCUT2D eigenvalue weighted by molar-refractivity contribution is 6.17. The summed E-state index contributed by atoms with van der Waals surface area (Å²) >= 11 is 0. The first kappa shape index (κ1) is 35.4. The number of nitrogens with zero attached hydrogens (tertiary/aromatic N) is 2. The number of rotatable bonds is 6. The fraction of sp³-hybridized carbons (Fsp3) is 0. The molecule has 3 heteroatoms. The van der Waals surface area contributed by atoms with Crippen LogP contribution in [-0.4, -0.2) is 9.13 Å². The molecule has 0 atom stereocenters. The Bertz CT molecular complexity index is 3870. The molecular formula is C60H38N2O. The molecule has 13 aromatic rings. The Morgan fingerprint density at radius 2 is 0.746 bits per heavy atom. The lowest BCUT2D eigenvalue weighted by atomic mass is 9.98. The lowest BCUT2D eigenvalue weighted by Crippen LogP contribution is -1.94. The van der Waals surface area contributed by atoms with Crippen LogP contribution in [0.4, 0.5) is 0 Å². The van der Waals surface area contributed by atoms with Gasteiger partial charge in [0, 0.05) is 43.7 Å². The fourth-order valence-electron chi connectivity index (χ4n) is 9.95. The molecule has 3 aromatic heterocycles. The molecule has 0 aliphatic carbocycles. The lowest BCUT2D eigenvalue weighted by molar-refractivity contribution is 0.669. The molecule has 0 aliphatic rings. The minimum atomic E-state index is 0.916. The summed E-state index contributed by atoms with van der Waals surface area (Å²) in [6.45, 7) is 0. The van der Waals surface area contributed by atoms with Crippen molar-refractivity contribution >= 4 is 65.6 Å². The van der Waals surface area contributed by atoms with E-state index in [1.807, 2.05) is 12.1 Å². The SMILES string of the molecule is c1ccc(-c2ccc3c4ccc(-c5cccc6c5c5ccccc5n6-c5ccc(-c6ccc(-c7ccc8oc9ccccc9c8c7)cc6)cc5)cc4n(-c4ccccc4)c3c2)cc1. The van der Waals surface area contributed by atoms with Crippen molar-refractivity contribution in [2.24, 2.45) is 0 Å². The Labute approximate surface area is 363 Å². The van der Waals surface area contributed by atoms with Crippen LogP contribution in [0.15, 0.2) is 235 Å². The van der Waals surface area contributed by atoms with Crippen LogP contribution in [0.25, 0.3) is 121 Å². The van der Waals surface area contributed by atoms with Gasteiger partial charge in [-0.25, -0.2) is 0 Å². The van der Waals surface area contributed by atoms with E-state index in [1.165, 1.54) is 88.1 Å². The molecule has 0 bridgehead atoms. The highest BCUT2D eigenvalue weighted by Crippen LogP contribution is 2.42. The average Bonchev–Trinajstić information content (AvgIpc) is 4.01. The van der Waals surface area contributed by atoms with E-state index in [0.717, 1.165) is 33.3 Å². The number of fused-ring (bicyclic) bond motifs is 9. The predicted octanol–water partition coefficient (Wildman–Crippen LogP) is 16.4. The molecule has 0 spiro atoms. The van der Waals surface area contributed by atoms with Gasteiger partial charge in [0.05, 0.1) is 22.1 Å². The first-order valence-corrected chi connectivity index (χ1v) is 21.6. The number of aromatic nitrogens is 2. The molecule has 0 radical (unpaired) electrons. The van der Waals surface area contributed by atoms with Gasteiger partial charge in [-0.15, -0.1) is 0 Å². The van der Waals surface area contributed by atoms with E-state index in [0.29, 0.717) is 0 Å². The summed E-state index contributed by atoms with van der Waals surface area (Å²) < 4.78 is 10.9. The second-order valence-electron chi connectivity index (χ2n) is 16.5. The second-order valence-corrected chi connectivity index (χ2v) is 16.5. The van der Waals surface area contributed by atoms with Crippen molar-refractivity contribution in [3.63, 3.8) is 0 Å². The number of hydrogen-bond acceptors (Lipinski definition) is 1. The van der Waals surface area contributed by atoms with Crippen LogP contribution in [0.2, 0.25) is 0 Å². The third-order valence-electron chi connectivity index (χ3n) is 13.0. The van der Waals surface area contributed by atoms with E-state index in [1.54, 1.807) is 0 Å².